The Morgan fingerprint density at radius 3 is 1.33 bits per heavy atom. The molecule has 0 aliphatic carbocycles. The van der Waals surface area contributed by atoms with Gasteiger partial charge in [0.2, 0.25) is 0 Å². The Hall–Kier alpha value is -5.80. The molecule has 0 unspecified atom stereocenters. The van der Waals surface area contributed by atoms with Crippen LogP contribution >= 0.6 is 0 Å². The average Bonchev–Trinajstić information content (AvgIpc) is 3.12. The smallest absolute Gasteiger partial charge is 0.252 e. The van der Waals surface area contributed by atoms with E-state index >= 15 is 0 Å². The molecule has 216 valence electrons. The van der Waals surface area contributed by atoms with E-state index in [1.54, 1.807) is 0 Å². The third-order valence-corrected chi connectivity index (χ3v) is 9.43. The molecule has 0 fully saturated rings. The van der Waals surface area contributed by atoms with Crippen molar-refractivity contribution < 1.29 is 0 Å². The third-order valence-electron chi connectivity index (χ3n) is 9.43. The summed E-state index contributed by atoms with van der Waals surface area (Å²) in [6, 6.07) is 62.0. The van der Waals surface area contributed by atoms with Crippen LogP contribution in [0, 0.1) is 6.92 Å². The minimum atomic E-state index is 0.125. The number of rotatable bonds is 4. The maximum atomic E-state index is 2.51. The van der Waals surface area contributed by atoms with E-state index in [0.717, 1.165) is 5.69 Å². The van der Waals surface area contributed by atoms with Gasteiger partial charge in [-0.1, -0.05) is 115 Å². The SMILES string of the molecule is Cc1cc2c3c(c1)N(c1cc(-c4ccccc4)cc(-c4ccccc4)c1)c1ccccc1B3c1ccccc1N2c1ccccc1. The quantitative estimate of drug-likeness (QED) is 0.190. The van der Waals surface area contributed by atoms with Gasteiger partial charge in [-0.2, -0.15) is 0 Å². The van der Waals surface area contributed by atoms with Gasteiger partial charge in [0, 0.05) is 34.1 Å². The fraction of sp³-hybridized carbons (Fsp3) is 0.0233. The Balaban J connectivity index is 1.35. The Kier molecular flexibility index (Phi) is 6.17. The number of para-hydroxylation sites is 3. The number of nitrogens with zero attached hydrogens (tertiary/aromatic N) is 2. The van der Waals surface area contributed by atoms with E-state index in [2.05, 4.69) is 187 Å². The maximum absolute atomic E-state index is 2.51. The van der Waals surface area contributed by atoms with Gasteiger partial charge in [0.25, 0.3) is 6.71 Å². The molecule has 7 aromatic carbocycles. The predicted octanol–water partition coefficient (Wildman–Crippen LogP) is 9.41. The maximum Gasteiger partial charge on any atom is 0.252 e. The molecule has 2 aliphatic heterocycles. The first-order valence-electron chi connectivity index (χ1n) is 16.0. The average molecular weight is 587 g/mol. The van der Waals surface area contributed by atoms with Crippen molar-refractivity contribution in [3.8, 4) is 22.3 Å². The van der Waals surface area contributed by atoms with Crippen molar-refractivity contribution in [2.45, 2.75) is 6.92 Å². The number of fused-ring (bicyclic) bond motifs is 4. The first-order chi connectivity index (χ1) is 22.7. The summed E-state index contributed by atoms with van der Waals surface area (Å²) < 4.78 is 0. The lowest BCUT2D eigenvalue weighted by Crippen LogP contribution is -2.61. The Morgan fingerprint density at radius 1 is 0.370 bits per heavy atom. The highest BCUT2D eigenvalue weighted by Crippen LogP contribution is 2.45. The highest BCUT2D eigenvalue weighted by Gasteiger charge is 2.43. The molecule has 0 spiro atoms. The van der Waals surface area contributed by atoms with E-state index in [-0.39, 0.29) is 6.71 Å². The number of aryl methyl sites for hydroxylation is 1. The lowest BCUT2D eigenvalue weighted by atomic mass is 9.33. The number of hydrogen-bond acceptors (Lipinski definition) is 2. The fourth-order valence-electron chi connectivity index (χ4n) is 7.50. The molecule has 2 heterocycles. The highest BCUT2D eigenvalue weighted by molar-refractivity contribution is 7.00. The van der Waals surface area contributed by atoms with E-state index in [0.29, 0.717) is 0 Å². The van der Waals surface area contributed by atoms with Gasteiger partial charge >= 0.3 is 0 Å². The van der Waals surface area contributed by atoms with E-state index in [1.165, 1.54) is 72.6 Å². The summed E-state index contributed by atoms with van der Waals surface area (Å²) in [6.45, 7) is 2.35. The van der Waals surface area contributed by atoms with Gasteiger partial charge in [0.1, 0.15) is 0 Å². The second kappa shape index (κ2) is 10.7. The topological polar surface area (TPSA) is 6.48 Å². The number of benzene rings is 7. The van der Waals surface area contributed by atoms with Crippen molar-refractivity contribution in [1.82, 2.24) is 0 Å². The molecule has 2 nitrogen and oxygen atoms in total. The molecule has 0 atom stereocenters. The Morgan fingerprint density at radius 2 is 0.804 bits per heavy atom. The molecule has 9 rings (SSSR count). The Bertz CT molecular complexity index is 2170. The molecule has 0 N–H and O–H groups in total. The zero-order valence-electron chi connectivity index (χ0n) is 25.6. The molecule has 46 heavy (non-hydrogen) atoms. The summed E-state index contributed by atoms with van der Waals surface area (Å²) in [5.74, 6) is 0. The minimum absolute atomic E-state index is 0.125. The first-order valence-corrected chi connectivity index (χ1v) is 16.0. The zero-order valence-corrected chi connectivity index (χ0v) is 25.6. The highest BCUT2D eigenvalue weighted by atomic mass is 15.2. The van der Waals surface area contributed by atoms with E-state index in [4.69, 9.17) is 0 Å². The van der Waals surface area contributed by atoms with Crippen LogP contribution in [-0.4, -0.2) is 6.71 Å². The summed E-state index contributed by atoms with van der Waals surface area (Å²) in [5.41, 5.74) is 17.3. The molecule has 0 bridgehead atoms. The summed E-state index contributed by atoms with van der Waals surface area (Å²) in [5, 5.41) is 0. The van der Waals surface area contributed by atoms with E-state index in [1.807, 2.05) is 0 Å². The Labute approximate surface area is 270 Å². The second-order valence-electron chi connectivity index (χ2n) is 12.3. The van der Waals surface area contributed by atoms with Crippen LogP contribution in [0.5, 0.6) is 0 Å². The van der Waals surface area contributed by atoms with Crippen molar-refractivity contribution in [3.05, 3.63) is 175 Å². The van der Waals surface area contributed by atoms with Crippen LogP contribution in [0.1, 0.15) is 5.56 Å². The molecule has 7 aromatic rings. The predicted molar refractivity (Wildman–Crippen MR) is 196 cm³/mol. The summed E-state index contributed by atoms with van der Waals surface area (Å²) in [7, 11) is 0. The van der Waals surface area contributed by atoms with Gasteiger partial charge in [-0.05, 0) is 106 Å². The van der Waals surface area contributed by atoms with E-state index in [9.17, 15) is 0 Å². The lowest BCUT2D eigenvalue weighted by molar-refractivity contribution is 1.24. The zero-order chi connectivity index (χ0) is 30.6. The van der Waals surface area contributed by atoms with Crippen LogP contribution in [0.3, 0.4) is 0 Å². The summed E-state index contributed by atoms with van der Waals surface area (Å²) in [6.07, 6.45) is 0. The molecule has 0 saturated heterocycles. The lowest BCUT2D eigenvalue weighted by Gasteiger charge is -2.44. The van der Waals surface area contributed by atoms with E-state index < -0.39 is 0 Å². The van der Waals surface area contributed by atoms with Crippen LogP contribution in [0.4, 0.5) is 34.1 Å². The molecule has 0 amide bonds. The third kappa shape index (κ3) is 4.20. The molecule has 0 saturated carbocycles. The summed E-state index contributed by atoms with van der Waals surface area (Å²) >= 11 is 0. The van der Waals surface area contributed by atoms with Gasteiger partial charge in [-0.15, -0.1) is 0 Å². The number of hydrogen-bond donors (Lipinski definition) is 0. The van der Waals surface area contributed by atoms with Crippen molar-refractivity contribution in [1.29, 1.82) is 0 Å². The van der Waals surface area contributed by atoms with Crippen molar-refractivity contribution in [2.75, 3.05) is 9.80 Å². The second-order valence-corrected chi connectivity index (χ2v) is 12.3. The van der Waals surface area contributed by atoms with Crippen molar-refractivity contribution in [3.63, 3.8) is 0 Å². The molecule has 3 heteroatoms. The van der Waals surface area contributed by atoms with Crippen LogP contribution < -0.4 is 26.2 Å². The van der Waals surface area contributed by atoms with Crippen LogP contribution in [0.2, 0.25) is 0 Å². The molecular formula is C43H31BN2. The van der Waals surface area contributed by atoms with Gasteiger partial charge in [-0.3, -0.25) is 0 Å². The monoisotopic (exact) mass is 586 g/mol. The van der Waals surface area contributed by atoms with Gasteiger partial charge in [-0.25, -0.2) is 0 Å². The van der Waals surface area contributed by atoms with Crippen molar-refractivity contribution in [2.24, 2.45) is 0 Å². The molecular weight excluding hydrogens is 555 g/mol. The van der Waals surface area contributed by atoms with Crippen molar-refractivity contribution >= 4 is 57.2 Å². The normalized spacial score (nSPS) is 12.8. The largest absolute Gasteiger partial charge is 0.311 e. The fourth-order valence-corrected chi connectivity index (χ4v) is 7.50. The molecule has 0 radical (unpaired) electrons. The molecule has 0 aromatic heterocycles. The van der Waals surface area contributed by atoms with Crippen LogP contribution in [0.15, 0.2) is 170 Å². The molecule has 2 aliphatic rings. The minimum Gasteiger partial charge on any atom is -0.311 e. The standard InChI is InChI=1S/C43H31BN2/c1-30-25-41-43-42(26-30)46(36-28-33(31-15-5-2-6-16-31)27-34(29-36)32-17-7-3-8-18-32)40-24-14-12-22-38(40)44(43)37-21-11-13-23-39(37)45(41)35-19-9-4-10-20-35/h2-29H,1H3. The van der Waals surface area contributed by atoms with Gasteiger partial charge in [0.15, 0.2) is 0 Å². The van der Waals surface area contributed by atoms with Crippen LogP contribution in [0.25, 0.3) is 22.3 Å². The van der Waals surface area contributed by atoms with Crippen LogP contribution in [-0.2, 0) is 0 Å². The van der Waals surface area contributed by atoms with Gasteiger partial charge < -0.3 is 9.80 Å². The first kappa shape index (κ1) is 26.6. The number of anilines is 6. The summed E-state index contributed by atoms with van der Waals surface area (Å²) in [4.78, 5) is 4.97. The van der Waals surface area contributed by atoms with Gasteiger partial charge in [0.05, 0.1) is 0 Å².